The Balaban J connectivity index is 1.93. The fourth-order valence-electron chi connectivity index (χ4n) is 1.93. The maximum atomic E-state index is 12.3. The largest absolute Gasteiger partial charge is 0.384 e. The maximum Gasteiger partial charge on any atom is 0.277 e. The Morgan fingerprint density at radius 3 is 2.95 bits per heavy atom. The van der Waals surface area contributed by atoms with Crippen molar-refractivity contribution in [3.8, 4) is 11.8 Å². The van der Waals surface area contributed by atoms with E-state index in [0.29, 0.717) is 17.4 Å². The van der Waals surface area contributed by atoms with E-state index < -0.39 is 0 Å². The van der Waals surface area contributed by atoms with Crippen molar-refractivity contribution >= 4 is 22.2 Å². The molecule has 2 aromatic heterocycles. The molecule has 0 saturated heterocycles. The predicted octanol–water partition coefficient (Wildman–Crippen LogP) is 1.25. The van der Waals surface area contributed by atoms with Gasteiger partial charge in [0.25, 0.3) is 5.56 Å². The number of fused-ring (bicyclic) bond motifs is 1. The van der Waals surface area contributed by atoms with Gasteiger partial charge in [0, 0.05) is 4.88 Å². The molecule has 104 valence electrons. The van der Waals surface area contributed by atoms with Gasteiger partial charge in [-0.1, -0.05) is 29.2 Å². The average Bonchev–Trinajstić information content (AvgIpc) is 2.96. The molecule has 3 aromatic rings. The van der Waals surface area contributed by atoms with Crippen LogP contribution in [0.15, 0.2) is 41.2 Å². The van der Waals surface area contributed by atoms with Crippen LogP contribution in [0.25, 0.3) is 10.9 Å². The highest BCUT2D eigenvalue weighted by Crippen LogP contribution is 2.16. The Labute approximate surface area is 124 Å². The molecular weight excluding hydrogens is 286 g/mol. The highest BCUT2D eigenvalue weighted by Gasteiger charge is 2.06. The molecule has 1 N–H and O–H groups in total. The highest BCUT2D eigenvalue weighted by atomic mass is 32.1. The van der Waals surface area contributed by atoms with Crippen LogP contribution in [0.2, 0.25) is 0 Å². The molecule has 3 rings (SSSR count). The van der Waals surface area contributed by atoms with Crippen molar-refractivity contribution in [2.45, 2.75) is 6.54 Å². The molecule has 21 heavy (non-hydrogen) atoms. The zero-order chi connectivity index (χ0) is 14.7. The summed E-state index contributed by atoms with van der Waals surface area (Å²) in [5.74, 6) is 5.44. The summed E-state index contributed by atoms with van der Waals surface area (Å²) in [7, 11) is 0. The predicted molar refractivity (Wildman–Crippen MR) is 81.2 cm³/mol. The summed E-state index contributed by atoms with van der Waals surface area (Å²) in [5.41, 5.74) is 0.441. The number of nitrogens with zero attached hydrogens (tertiary/aromatic N) is 3. The first kappa shape index (κ1) is 13.5. The third kappa shape index (κ3) is 2.84. The van der Waals surface area contributed by atoms with Crippen LogP contribution in [0.5, 0.6) is 0 Å². The lowest BCUT2D eigenvalue weighted by atomic mass is 10.2. The zero-order valence-corrected chi connectivity index (χ0v) is 11.8. The van der Waals surface area contributed by atoms with Crippen molar-refractivity contribution in [3.05, 3.63) is 56.5 Å². The average molecular weight is 297 g/mol. The Morgan fingerprint density at radius 1 is 1.24 bits per heavy atom. The molecule has 1 aromatic carbocycles. The maximum absolute atomic E-state index is 12.3. The van der Waals surface area contributed by atoms with E-state index in [4.69, 9.17) is 5.11 Å². The van der Waals surface area contributed by atoms with Crippen LogP contribution in [0.1, 0.15) is 9.75 Å². The lowest BCUT2D eigenvalue weighted by Crippen LogP contribution is -2.24. The fourth-order valence-corrected chi connectivity index (χ4v) is 2.80. The van der Waals surface area contributed by atoms with Gasteiger partial charge in [-0.25, -0.2) is 4.68 Å². The van der Waals surface area contributed by atoms with Crippen molar-refractivity contribution in [1.29, 1.82) is 0 Å². The van der Waals surface area contributed by atoms with Crippen LogP contribution in [-0.2, 0) is 6.54 Å². The van der Waals surface area contributed by atoms with E-state index in [1.165, 1.54) is 16.0 Å². The number of hydrogen-bond acceptors (Lipinski definition) is 5. The quantitative estimate of drug-likeness (QED) is 0.723. The van der Waals surface area contributed by atoms with E-state index in [1.54, 1.807) is 12.1 Å². The van der Waals surface area contributed by atoms with Crippen molar-refractivity contribution in [2.75, 3.05) is 6.61 Å². The molecule has 0 unspecified atom stereocenters. The minimum absolute atomic E-state index is 0.156. The summed E-state index contributed by atoms with van der Waals surface area (Å²) in [6, 6.07) is 10.9. The second-order valence-electron chi connectivity index (χ2n) is 4.30. The SMILES string of the molecule is O=c1c2ccccc2nnn1Cc1ccc(C#CCO)s1. The van der Waals surface area contributed by atoms with Crippen LogP contribution >= 0.6 is 11.3 Å². The van der Waals surface area contributed by atoms with Crippen LogP contribution in [0.3, 0.4) is 0 Å². The van der Waals surface area contributed by atoms with Gasteiger partial charge in [-0.15, -0.1) is 16.4 Å². The molecule has 0 aliphatic heterocycles. The van der Waals surface area contributed by atoms with Gasteiger partial charge in [-0.05, 0) is 24.3 Å². The summed E-state index contributed by atoms with van der Waals surface area (Å²) < 4.78 is 1.34. The van der Waals surface area contributed by atoms with E-state index in [0.717, 1.165) is 9.75 Å². The first-order chi connectivity index (χ1) is 10.3. The van der Waals surface area contributed by atoms with Crippen LogP contribution in [0.4, 0.5) is 0 Å². The van der Waals surface area contributed by atoms with E-state index in [1.807, 2.05) is 24.3 Å². The number of aliphatic hydroxyl groups is 1. The molecule has 0 saturated carbocycles. The first-order valence-corrected chi connectivity index (χ1v) is 7.10. The van der Waals surface area contributed by atoms with Gasteiger partial charge >= 0.3 is 0 Å². The first-order valence-electron chi connectivity index (χ1n) is 6.29. The van der Waals surface area contributed by atoms with Gasteiger partial charge in [0.2, 0.25) is 0 Å². The van der Waals surface area contributed by atoms with Crippen molar-refractivity contribution < 1.29 is 5.11 Å². The topological polar surface area (TPSA) is 68.0 Å². The Morgan fingerprint density at radius 2 is 2.10 bits per heavy atom. The van der Waals surface area contributed by atoms with Crippen LogP contribution in [0, 0.1) is 11.8 Å². The van der Waals surface area contributed by atoms with Gasteiger partial charge in [-0.3, -0.25) is 4.79 Å². The normalized spacial score (nSPS) is 10.3. The number of aliphatic hydroxyl groups excluding tert-OH is 1. The molecule has 0 amide bonds. The third-order valence-corrected chi connectivity index (χ3v) is 3.87. The molecule has 0 aliphatic rings. The molecule has 0 fully saturated rings. The van der Waals surface area contributed by atoms with Crippen LogP contribution in [-0.4, -0.2) is 26.7 Å². The lowest BCUT2D eigenvalue weighted by Gasteiger charge is -2.02. The van der Waals surface area contributed by atoms with Crippen LogP contribution < -0.4 is 5.56 Å². The molecule has 2 heterocycles. The van der Waals surface area contributed by atoms with Gasteiger partial charge < -0.3 is 5.11 Å². The van der Waals surface area contributed by atoms with Gasteiger partial charge in [0.15, 0.2) is 0 Å². The van der Waals surface area contributed by atoms with Gasteiger partial charge in [-0.2, -0.15) is 0 Å². The molecule has 0 spiro atoms. The van der Waals surface area contributed by atoms with Crippen molar-refractivity contribution in [1.82, 2.24) is 15.0 Å². The minimum atomic E-state index is -0.164. The summed E-state index contributed by atoms with van der Waals surface area (Å²) in [6.07, 6.45) is 0. The fraction of sp³-hybridized carbons (Fsp3) is 0.133. The summed E-state index contributed by atoms with van der Waals surface area (Å²) in [4.78, 5) is 14.1. The van der Waals surface area contributed by atoms with Crippen molar-refractivity contribution in [2.24, 2.45) is 0 Å². The second kappa shape index (κ2) is 5.87. The summed E-state index contributed by atoms with van der Waals surface area (Å²) in [5, 5.41) is 17.2. The second-order valence-corrected chi connectivity index (χ2v) is 5.46. The molecule has 0 bridgehead atoms. The van der Waals surface area contributed by atoms with Gasteiger partial charge in [0.1, 0.15) is 12.1 Å². The number of aromatic nitrogens is 3. The Kier molecular flexibility index (Phi) is 3.77. The van der Waals surface area contributed by atoms with Gasteiger partial charge in [0.05, 0.1) is 16.8 Å². The number of thiophene rings is 1. The molecule has 0 radical (unpaired) electrons. The summed E-state index contributed by atoms with van der Waals surface area (Å²) in [6.45, 7) is 0.199. The number of hydrogen-bond donors (Lipinski definition) is 1. The third-order valence-electron chi connectivity index (χ3n) is 2.89. The zero-order valence-electron chi connectivity index (χ0n) is 11.0. The molecule has 5 nitrogen and oxygen atoms in total. The van der Waals surface area contributed by atoms with Crippen molar-refractivity contribution in [3.63, 3.8) is 0 Å². The smallest absolute Gasteiger partial charge is 0.277 e. The van der Waals surface area contributed by atoms with E-state index in [2.05, 4.69) is 22.2 Å². The molecule has 0 atom stereocenters. The number of benzene rings is 1. The molecule has 6 heteroatoms. The lowest BCUT2D eigenvalue weighted by molar-refractivity contribution is 0.350. The minimum Gasteiger partial charge on any atom is -0.384 e. The monoisotopic (exact) mass is 297 g/mol. The standard InChI is InChI=1S/C15H11N3O2S/c19-9-3-4-11-7-8-12(21-11)10-18-15(20)13-5-1-2-6-14(13)16-17-18/h1-2,5-8,19H,9-10H2. The summed E-state index contributed by atoms with van der Waals surface area (Å²) >= 11 is 1.47. The highest BCUT2D eigenvalue weighted by molar-refractivity contribution is 7.12. The van der Waals surface area contributed by atoms with E-state index in [-0.39, 0.29) is 12.2 Å². The molecular formula is C15H11N3O2S. The van der Waals surface area contributed by atoms with E-state index >= 15 is 0 Å². The Hall–Kier alpha value is -2.49. The van der Waals surface area contributed by atoms with E-state index in [9.17, 15) is 4.79 Å². The molecule has 0 aliphatic carbocycles. The Bertz CT molecular complexity index is 902. The number of rotatable bonds is 2.